The van der Waals surface area contributed by atoms with E-state index in [-0.39, 0.29) is 0 Å². The van der Waals surface area contributed by atoms with Gasteiger partial charge in [-0.2, -0.15) is 5.10 Å². The topological polar surface area (TPSA) is 41.9 Å². The molecule has 1 aromatic heterocycles. The van der Waals surface area contributed by atoms with Crippen LogP contribution in [0, 0.1) is 13.8 Å². The molecule has 0 fully saturated rings. The van der Waals surface area contributed by atoms with Crippen molar-refractivity contribution in [2.75, 3.05) is 5.32 Å². The lowest BCUT2D eigenvalue weighted by molar-refractivity contribution is 0.731. The smallest absolute Gasteiger partial charge is 0.171 e. The normalized spacial score (nSPS) is 10.3. The lowest BCUT2D eigenvalue weighted by atomic mass is 10.1. The highest BCUT2D eigenvalue weighted by molar-refractivity contribution is 7.80. The van der Waals surface area contributed by atoms with E-state index < -0.39 is 0 Å². The second-order valence-electron chi connectivity index (χ2n) is 4.54. The zero-order valence-corrected chi connectivity index (χ0v) is 12.2. The molecule has 0 amide bonds. The summed E-state index contributed by atoms with van der Waals surface area (Å²) >= 11 is 5.29. The average molecular weight is 274 g/mol. The zero-order chi connectivity index (χ0) is 13.8. The van der Waals surface area contributed by atoms with Crippen LogP contribution < -0.4 is 10.6 Å². The number of nitrogens with zero attached hydrogens (tertiary/aromatic N) is 2. The van der Waals surface area contributed by atoms with Crippen LogP contribution in [0.15, 0.2) is 30.5 Å². The third kappa shape index (κ3) is 3.54. The van der Waals surface area contributed by atoms with E-state index >= 15 is 0 Å². The summed E-state index contributed by atoms with van der Waals surface area (Å²) in [6.45, 7) is 4.79. The van der Waals surface area contributed by atoms with E-state index in [1.54, 1.807) is 4.68 Å². The Morgan fingerprint density at radius 1 is 1.32 bits per heavy atom. The van der Waals surface area contributed by atoms with Gasteiger partial charge in [0, 0.05) is 18.9 Å². The molecule has 100 valence electrons. The Hall–Kier alpha value is -1.88. The van der Waals surface area contributed by atoms with Crippen molar-refractivity contribution in [3.8, 4) is 0 Å². The van der Waals surface area contributed by atoms with Crippen LogP contribution >= 0.6 is 12.2 Å². The van der Waals surface area contributed by atoms with Crippen LogP contribution in [0.1, 0.15) is 16.8 Å². The van der Waals surface area contributed by atoms with Crippen molar-refractivity contribution in [2.45, 2.75) is 20.4 Å². The largest absolute Gasteiger partial charge is 0.357 e. The zero-order valence-electron chi connectivity index (χ0n) is 11.4. The predicted octanol–water partition coefficient (Wildman–Crippen LogP) is 2.52. The second-order valence-corrected chi connectivity index (χ2v) is 4.94. The summed E-state index contributed by atoms with van der Waals surface area (Å²) in [5, 5.41) is 11.3. The number of hydrogen-bond donors (Lipinski definition) is 2. The molecule has 5 heteroatoms. The Labute approximate surface area is 118 Å². The molecule has 19 heavy (non-hydrogen) atoms. The van der Waals surface area contributed by atoms with Gasteiger partial charge in [-0.1, -0.05) is 12.1 Å². The second kappa shape index (κ2) is 5.84. The molecule has 0 bridgehead atoms. The van der Waals surface area contributed by atoms with E-state index in [4.69, 9.17) is 12.2 Å². The van der Waals surface area contributed by atoms with E-state index in [1.807, 2.05) is 31.4 Å². The quantitative estimate of drug-likeness (QED) is 0.844. The Kier molecular flexibility index (Phi) is 4.16. The highest BCUT2D eigenvalue weighted by atomic mass is 32.1. The maximum Gasteiger partial charge on any atom is 0.171 e. The summed E-state index contributed by atoms with van der Waals surface area (Å²) in [6.07, 6.45) is 1.91. The first-order valence-corrected chi connectivity index (χ1v) is 6.56. The van der Waals surface area contributed by atoms with Gasteiger partial charge in [0.2, 0.25) is 0 Å². The molecule has 0 unspecified atom stereocenters. The highest BCUT2D eigenvalue weighted by Gasteiger charge is 2.03. The summed E-state index contributed by atoms with van der Waals surface area (Å²) in [5.41, 5.74) is 4.47. The van der Waals surface area contributed by atoms with Gasteiger partial charge in [-0.3, -0.25) is 4.68 Å². The van der Waals surface area contributed by atoms with Crippen molar-refractivity contribution in [1.29, 1.82) is 0 Å². The minimum Gasteiger partial charge on any atom is -0.357 e. The Balaban J connectivity index is 1.92. The first kappa shape index (κ1) is 13.5. The fourth-order valence-electron chi connectivity index (χ4n) is 1.78. The number of hydrogen-bond acceptors (Lipinski definition) is 2. The van der Waals surface area contributed by atoms with E-state index in [1.165, 1.54) is 11.1 Å². The van der Waals surface area contributed by atoms with Crippen LogP contribution in [-0.2, 0) is 13.6 Å². The molecule has 1 aromatic carbocycles. The summed E-state index contributed by atoms with van der Waals surface area (Å²) < 4.78 is 1.78. The van der Waals surface area contributed by atoms with Gasteiger partial charge in [0.15, 0.2) is 5.11 Å². The monoisotopic (exact) mass is 274 g/mol. The molecule has 0 aliphatic heterocycles. The van der Waals surface area contributed by atoms with Crippen LogP contribution in [-0.4, -0.2) is 14.9 Å². The first-order valence-electron chi connectivity index (χ1n) is 6.16. The third-order valence-electron chi connectivity index (χ3n) is 3.05. The number of nitrogens with one attached hydrogen (secondary N) is 2. The SMILES string of the molecule is Cc1cccc(NC(=S)NCc2ccn(C)n2)c1C. The van der Waals surface area contributed by atoms with Gasteiger partial charge in [-0.15, -0.1) is 0 Å². The lowest BCUT2D eigenvalue weighted by Gasteiger charge is -2.13. The van der Waals surface area contributed by atoms with Crippen LogP contribution in [0.25, 0.3) is 0 Å². The Morgan fingerprint density at radius 2 is 2.11 bits per heavy atom. The van der Waals surface area contributed by atoms with Gasteiger partial charge in [-0.05, 0) is 49.3 Å². The maximum atomic E-state index is 5.29. The van der Waals surface area contributed by atoms with Crippen LogP contribution in [0.3, 0.4) is 0 Å². The number of anilines is 1. The molecule has 0 saturated carbocycles. The molecule has 1 heterocycles. The average Bonchev–Trinajstić information content (AvgIpc) is 2.78. The van der Waals surface area contributed by atoms with Crippen molar-refractivity contribution in [3.05, 3.63) is 47.3 Å². The fraction of sp³-hybridized carbons (Fsp3) is 0.286. The fourth-order valence-corrected chi connectivity index (χ4v) is 1.96. The molecule has 0 radical (unpaired) electrons. The summed E-state index contributed by atoms with van der Waals surface area (Å²) in [7, 11) is 1.90. The summed E-state index contributed by atoms with van der Waals surface area (Å²) in [5.74, 6) is 0. The van der Waals surface area contributed by atoms with Crippen molar-refractivity contribution in [2.24, 2.45) is 7.05 Å². The van der Waals surface area contributed by atoms with Gasteiger partial charge in [-0.25, -0.2) is 0 Å². The van der Waals surface area contributed by atoms with Gasteiger partial charge in [0.25, 0.3) is 0 Å². The number of aryl methyl sites for hydroxylation is 2. The van der Waals surface area contributed by atoms with Gasteiger partial charge in [0.1, 0.15) is 0 Å². The molecule has 0 spiro atoms. The molecular weight excluding hydrogens is 256 g/mol. The molecule has 0 aliphatic rings. The van der Waals surface area contributed by atoms with Gasteiger partial charge in [0.05, 0.1) is 12.2 Å². The Morgan fingerprint density at radius 3 is 2.79 bits per heavy atom. The molecule has 2 N–H and O–H groups in total. The van der Waals surface area contributed by atoms with Crippen molar-refractivity contribution >= 4 is 23.0 Å². The molecular formula is C14H18N4S. The highest BCUT2D eigenvalue weighted by Crippen LogP contribution is 2.17. The minimum absolute atomic E-state index is 0.611. The minimum atomic E-state index is 0.611. The van der Waals surface area contributed by atoms with Crippen molar-refractivity contribution < 1.29 is 0 Å². The molecule has 2 rings (SSSR count). The standard InChI is InChI=1S/C14H18N4S/c1-10-5-4-6-13(11(10)2)16-14(19)15-9-12-7-8-18(3)17-12/h4-8H,9H2,1-3H3,(H2,15,16,19). The van der Waals surface area contributed by atoms with Crippen molar-refractivity contribution in [3.63, 3.8) is 0 Å². The van der Waals surface area contributed by atoms with Crippen LogP contribution in [0.4, 0.5) is 5.69 Å². The molecule has 0 aliphatic carbocycles. The van der Waals surface area contributed by atoms with Crippen LogP contribution in [0.2, 0.25) is 0 Å². The molecule has 4 nitrogen and oxygen atoms in total. The van der Waals surface area contributed by atoms with Crippen molar-refractivity contribution in [1.82, 2.24) is 15.1 Å². The van der Waals surface area contributed by atoms with Gasteiger partial charge < -0.3 is 10.6 Å². The molecule has 0 saturated heterocycles. The number of benzene rings is 1. The first-order chi connectivity index (χ1) is 9.06. The summed E-state index contributed by atoms with van der Waals surface area (Å²) in [4.78, 5) is 0. The van der Waals surface area contributed by atoms with E-state index in [2.05, 4.69) is 35.6 Å². The lowest BCUT2D eigenvalue weighted by Crippen LogP contribution is -2.28. The van der Waals surface area contributed by atoms with Crippen LogP contribution in [0.5, 0.6) is 0 Å². The predicted molar refractivity (Wildman–Crippen MR) is 82.2 cm³/mol. The number of rotatable bonds is 3. The van der Waals surface area contributed by atoms with E-state index in [9.17, 15) is 0 Å². The third-order valence-corrected chi connectivity index (χ3v) is 3.30. The maximum absolute atomic E-state index is 5.29. The molecule has 0 atom stereocenters. The summed E-state index contributed by atoms with van der Waals surface area (Å²) in [6, 6.07) is 8.10. The number of thiocarbonyl (C=S) groups is 1. The number of aromatic nitrogens is 2. The molecule has 2 aromatic rings. The van der Waals surface area contributed by atoms with E-state index in [0.717, 1.165) is 11.4 Å². The Bertz CT molecular complexity index is 589. The van der Waals surface area contributed by atoms with Gasteiger partial charge >= 0.3 is 0 Å². The van der Waals surface area contributed by atoms with E-state index in [0.29, 0.717) is 11.7 Å².